The van der Waals surface area contributed by atoms with E-state index in [2.05, 4.69) is 0 Å². The molecule has 0 aliphatic carbocycles. The van der Waals surface area contributed by atoms with Crippen LogP contribution >= 0.6 is 0 Å². The number of carboxylic acid groups (broad SMARTS) is 4. The van der Waals surface area contributed by atoms with Gasteiger partial charge in [0.1, 0.15) is 20.2 Å². The van der Waals surface area contributed by atoms with Gasteiger partial charge in [-0.25, -0.2) is 16.8 Å². The normalized spacial score (nSPS) is 9.82. The first-order valence-corrected chi connectivity index (χ1v) is 13.6. The van der Waals surface area contributed by atoms with E-state index in [1.54, 1.807) is 0 Å². The third-order valence-electron chi connectivity index (χ3n) is 4.49. The average Bonchev–Trinajstić information content (AvgIpc) is 2.85. The quantitative estimate of drug-likeness (QED) is 0.0969. The summed E-state index contributed by atoms with van der Waals surface area (Å²) in [6.45, 7) is 1.65. The number of quaternary nitrogens is 2. The van der Waals surface area contributed by atoms with Gasteiger partial charge in [0.25, 0.3) is 0 Å². The van der Waals surface area contributed by atoms with Crippen molar-refractivity contribution in [1.82, 2.24) is 12.3 Å². The minimum atomic E-state index is -4.95. The molecule has 0 unspecified atom stereocenters. The summed E-state index contributed by atoms with van der Waals surface area (Å²) in [6.07, 6.45) is 4.79. The summed E-state index contributed by atoms with van der Waals surface area (Å²) in [5, 5.41) is 41.7. The van der Waals surface area contributed by atoms with Crippen LogP contribution in [0.2, 0.25) is 0 Å². The van der Waals surface area contributed by atoms with Crippen molar-refractivity contribution in [2.45, 2.75) is 35.5 Å². The maximum atomic E-state index is 10.6. The number of rotatable bonds is 11. The predicted molar refractivity (Wildman–Crippen MR) is 135 cm³/mol. The molecule has 0 aromatic heterocycles. The SMILES string of the molecule is NCCCCCCN.O=C([O-])c1cc(C(=O)[O-])cc(S(=O)(=O)[O-])c1.O=C([O-])c1cc(C(=O)[O-])cc(S(=O)(=O)[O-])c1.[NH4+].[NH4+].[Na+].[Na+]. The molecule has 0 atom stereocenters. The molecule has 0 amide bonds. The number of carbonyl (C=O) groups excluding carboxylic acids is 4. The molecule has 0 aliphatic rings. The van der Waals surface area contributed by atoms with Crippen LogP contribution in [0, 0.1) is 0 Å². The summed E-state index contributed by atoms with van der Waals surface area (Å²) < 4.78 is 63.6. The Morgan fingerprint density at radius 3 is 0.841 bits per heavy atom. The molecule has 0 heterocycles. The van der Waals surface area contributed by atoms with Crippen LogP contribution in [0.25, 0.3) is 0 Å². The van der Waals surface area contributed by atoms with Gasteiger partial charge in [0.05, 0.1) is 33.7 Å². The van der Waals surface area contributed by atoms with Crippen LogP contribution in [0.3, 0.4) is 0 Å². The fraction of sp³-hybridized carbons (Fsp3) is 0.273. The molecule has 0 saturated carbocycles. The van der Waals surface area contributed by atoms with Crippen molar-refractivity contribution >= 4 is 44.1 Å². The van der Waals surface area contributed by atoms with Crippen molar-refractivity contribution in [2.24, 2.45) is 11.5 Å². The largest absolute Gasteiger partial charge is 1.00 e. The van der Waals surface area contributed by atoms with Crippen LogP contribution in [0.1, 0.15) is 67.1 Å². The number of benzene rings is 2. The molecule has 0 radical (unpaired) electrons. The third kappa shape index (κ3) is 20.1. The van der Waals surface area contributed by atoms with Crippen LogP contribution < -0.4 is 103 Å². The molecule has 2 aromatic carbocycles. The van der Waals surface area contributed by atoms with Crippen LogP contribution in [-0.4, -0.2) is 62.9 Å². The van der Waals surface area contributed by atoms with Crippen molar-refractivity contribution in [2.75, 3.05) is 13.1 Å². The van der Waals surface area contributed by atoms with Crippen LogP contribution in [0.4, 0.5) is 0 Å². The van der Waals surface area contributed by atoms with E-state index in [1.165, 1.54) is 12.8 Å². The summed E-state index contributed by atoms with van der Waals surface area (Å²) in [7, 11) is -9.89. The monoisotopic (exact) mass is 684 g/mol. The van der Waals surface area contributed by atoms with Crippen molar-refractivity contribution < 1.29 is 125 Å². The van der Waals surface area contributed by atoms with Gasteiger partial charge in [0.2, 0.25) is 0 Å². The Morgan fingerprint density at radius 2 is 0.705 bits per heavy atom. The molecule has 2 rings (SSSR count). The molecule has 18 nitrogen and oxygen atoms in total. The Balaban J connectivity index is -0.000000174. The molecule has 0 bridgehead atoms. The molecule has 238 valence electrons. The number of unbranched alkanes of at least 4 members (excludes halogenated alkanes) is 3. The van der Waals surface area contributed by atoms with E-state index < -0.39 is 76.2 Å². The summed E-state index contributed by atoms with van der Waals surface area (Å²) in [4.78, 5) is 39.8. The van der Waals surface area contributed by atoms with E-state index in [4.69, 9.17) is 11.5 Å². The van der Waals surface area contributed by atoms with Gasteiger partial charge < -0.3 is 72.5 Å². The first-order chi connectivity index (χ1) is 18.3. The summed E-state index contributed by atoms with van der Waals surface area (Å²) in [5.74, 6) is -7.19. The standard InChI is InChI=1S/2C8H6O7S.C6H16N2.2H3N.2Na/c2*9-7(10)4-1-5(8(11)12)3-6(2-4)16(13,14)15;7-5-3-1-2-4-6-8;;;;/h2*1-3H,(H,9,10)(H,11,12)(H,13,14,15);1-8H2;2*1H3;;/q;;;;;2*+1/p-4. The van der Waals surface area contributed by atoms with Crippen LogP contribution in [-0.2, 0) is 20.2 Å². The predicted octanol–water partition coefficient (Wildman–Crippen LogP) is -10.1. The van der Waals surface area contributed by atoms with E-state index in [-0.39, 0.29) is 71.4 Å². The van der Waals surface area contributed by atoms with Crippen molar-refractivity contribution in [3.8, 4) is 0 Å². The molecular formula is C22H30N4Na2O14S2-2. The Hall–Kier alpha value is -2.02. The smallest absolute Gasteiger partial charge is 0.744 e. The number of hydrogen-bond acceptors (Lipinski definition) is 16. The summed E-state index contributed by atoms with van der Waals surface area (Å²) in [5.41, 5.74) is 7.66. The van der Waals surface area contributed by atoms with Gasteiger partial charge in [-0.3, -0.25) is 0 Å². The van der Waals surface area contributed by atoms with Gasteiger partial charge in [-0.2, -0.15) is 0 Å². The zero-order valence-corrected chi connectivity index (χ0v) is 30.0. The van der Waals surface area contributed by atoms with Gasteiger partial charge in [-0.15, -0.1) is 0 Å². The Morgan fingerprint density at radius 1 is 0.500 bits per heavy atom. The molecule has 44 heavy (non-hydrogen) atoms. The number of carboxylic acids is 4. The molecule has 0 fully saturated rings. The topological polar surface area (TPSA) is 400 Å². The van der Waals surface area contributed by atoms with Gasteiger partial charge in [0, 0.05) is 0 Å². The zero-order chi connectivity index (χ0) is 31.3. The van der Waals surface area contributed by atoms with Gasteiger partial charge in [-0.05, 0) is 84.6 Å². The first-order valence-electron chi connectivity index (χ1n) is 10.8. The number of carbonyl (C=O) groups is 4. The van der Waals surface area contributed by atoms with E-state index >= 15 is 0 Å². The Kier molecular flexibility index (Phi) is 28.4. The number of aromatic carboxylic acids is 4. The number of nitrogens with two attached hydrogens (primary N) is 2. The first kappa shape index (κ1) is 51.6. The van der Waals surface area contributed by atoms with E-state index in [9.17, 15) is 65.5 Å². The minimum absolute atomic E-state index is 0. The molecule has 0 aliphatic heterocycles. The van der Waals surface area contributed by atoms with Gasteiger partial charge in [0.15, 0.2) is 0 Å². The van der Waals surface area contributed by atoms with Gasteiger partial charge >= 0.3 is 59.1 Å². The van der Waals surface area contributed by atoms with Crippen LogP contribution in [0.15, 0.2) is 46.2 Å². The second-order valence-electron chi connectivity index (χ2n) is 7.54. The second kappa shape index (κ2) is 24.2. The maximum Gasteiger partial charge on any atom is 1.00 e. The van der Waals surface area contributed by atoms with Crippen molar-refractivity contribution in [3.63, 3.8) is 0 Å². The molecule has 0 saturated heterocycles. The molecule has 0 spiro atoms. The molecular weight excluding hydrogens is 654 g/mol. The Bertz CT molecular complexity index is 1280. The Labute approximate surface area is 297 Å². The van der Waals surface area contributed by atoms with E-state index in [0.717, 1.165) is 25.9 Å². The number of hydrogen-bond donors (Lipinski definition) is 4. The molecule has 22 heteroatoms. The third-order valence-corrected chi connectivity index (χ3v) is 6.12. The van der Waals surface area contributed by atoms with E-state index in [0.29, 0.717) is 36.4 Å². The molecule has 12 N–H and O–H groups in total. The fourth-order valence-corrected chi connectivity index (χ4v) is 3.69. The minimum Gasteiger partial charge on any atom is -0.744 e. The summed E-state index contributed by atoms with van der Waals surface area (Å²) >= 11 is 0. The van der Waals surface area contributed by atoms with Crippen molar-refractivity contribution in [3.05, 3.63) is 58.7 Å². The zero-order valence-electron chi connectivity index (χ0n) is 24.4. The van der Waals surface area contributed by atoms with Crippen LogP contribution in [0.5, 0.6) is 0 Å². The van der Waals surface area contributed by atoms with Gasteiger partial charge in [-0.1, -0.05) is 12.8 Å². The van der Waals surface area contributed by atoms with E-state index in [1.807, 2.05) is 0 Å². The van der Waals surface area contributed by atoms with Crippen molar-refractivity contribution in [1.29, 1.82) is 0 Å². The average molecular weight is 685 g/mol. The maximum absolute atomic E-state index is 10.6. The summed E-state index contributed by atoms with van der Waals surface area (Å²) in [6, 6.07) is 3.35. The second-order valence-corrected chi connectivity index (χ2v) is 10.3. The fourth-order valence-electron chi connectivity index (χ4n) is 2.60. The molecule has 2 aromatic rings.